The fraction of sp³-hybridized carbons (Fsp3) is 0.480. The number of pyridine rings is 2. The molecule has 45 heavy (non-hydrogen) atoms. The lowest BCUT2D eigenvalue weighted by Gasteiger charge is -2.23. The summed E-state index contributed by atoms with van der Waals surface area (Å²) in [5, 5.41) is 21.4. The fourth-order valence-electron chi connectivity index (χ4n) is 3.66. The molecule has 20 heteroatoms. The number of likely N-dealkylation sites (tertiary alicyclic amines) is 1. The first-order valence-electron chi connectivity index (χ1n) is 12.3. The number of nitrogens with zero attached hydrogens (tertiary/aromatic N) is 3. The van der Waals surface area contributed by atoms with E-state index in [1.807, 2.05) is 36.5 Å². The van der Waals surface area contributed by atoms with E-state index < -0.39 is 36.4 Å². The second-order valence-corrected chi connectivity index (χ2v) is 9.14. The van der Waals surface area contributed by atoms with E-state index in [2.05, 4.69) is 20.9 Å². The highest BCUT2D eigenvalue weighted by molar-refractivity contribution is 5.73. The van der Waals surface area contributed by atoms with Gasteiger partial charge >= 0.3 is 36.4 Å². The molecule has 0 saturated carbocycles. The van der Waals surface area contributed by atoms with E-state index in [4.69, 9.17) is 39.2 Å². The molecule has 2 aromatic rings. The number of hydrogen-bond donors (Lipinski definition) is 3. The Kier molecular flexibility index (Phi) is 14.6. The number of halogens is 9. The molecule has 4 heterocycles. The Morgan fingerprint density at radius 3 is 1.67 bits per heavy atom. The molecule has 0 radical (unpaired) electrons. The lowest BCUT2D eigenvalue weighted by atomic mass is 9.98. The van der Waals surface area contributed by atoms with Gasteiger partial charge in [-0.3, -0.25) is 14.9 Å². The van der Waals surface area contributed by atoms with E-state index >= 15 is 0 Å². The van der Waals surface area contributed by atoms with Crippen molar-refractivity contribution in [3.63, 3.8) is 0 Å². The second-order valence-electron chi connectivity index (χ2n) is 9.14. The summed E-state index contributed by atoms with van der Waals surface area (Å²) in [7, 11) is 0. The topological polar surface area (TPSA) is 159 Å². The van der Waals surface area contributed by atoms with E-state index in [-0.39, 0.29) is 11.7 Å². The minimum absolute atomic E-state index is 0.0381. The van der Waals surface area contributed by atoms with Gasteiger partial charge in [0.1, 0.15) is 0 Å². The molecular weight excluding hydrogens is 641 g/mol. The van der Waals surface area contributed by atoms with Crippen LogP contribution in [0, 0.1) is 0 Å². The van der Waals surface area contributed by atoms with E-state index in [1.54, 1.807) is 6.20 Å². The first kappa shape index (κ1) is 39.0. The van der Waals surface area contributed by atoms with Crippen molar-refractivity contribution in [3.8, 4) is 0 Å². The Labute approximate surface area is 248 Å². The average Bonchev–Trinajstić information content (AvgIpc) is 3.53. The van der Waals surface area contributed by atoms with Crippen molar-refractivity contribution in [1.29, 1.82) is 0 Å². The van der Waals surface area contributed by atoms with Gasteiger partial charge in [0, 0.05) is 38.4 Å². The molecule has 0 amide bonds. The van der Waals surface area contributed by atoms with Crippen LogP contribution in [0.5, 0.6) is 0 Å². The number of aromatic nitrogens is 2. The minimum atomic E-state index is -5.08. The molecule has 11 nitrogen and oxygen atoms in total. The molecular formula is C25H26F9N3O8. The molecule has 0 aromatic carbocycles. The molecule has 2 fully saturated rings. The monoisotopic (exact) mass is 667 g/mol. The van der Waals surface area contributed by atoms with Crippen LogP contribution in [-0.4, -0.2) is 98.0 Å². The molecule has 4 rings (SSSR count). The summed E-state index contributed by atoms with van der Waals surface area (Å²) in [4.78, 5) is 37.8. The van der Waals surface area contributed by atoms with Crippen LogP contribution in [0.15, 0.2) is 48.8 Å². The molecule has 252 valence electrons. The highest BCUT2D eigenvalue weighted by Crippen LogP contribution is 2.36. The number of carboxylic acid groups (broad SMARTS) is 3. The molecule has 3 N–H and O–H groups in total. The molecule has 0 bridgehead atoms. The number of rotatable bonds is 5. The largest absolute Gasteiger partial charge is 0.490 e. The highest BCUT2D eigenvalue weighted by atomic mass is 19.4. The molecule has 0 aliphatic carbocycles. The van der Waals surface area contributed by atoms with Crippen molar-refractivity contribution in [1.82, 2.24) is 14.9 Å². The van der Waals surface area contributed by atoms with Gasteiger partial charge in [0.2, 0.25) is 0 Å². The molecule has 2 aromatic heterocycles. The quantitative estimate of drug-likeness (QED) is 0.390. The normalized spacial score (nSPS) is 19.7. The van der Waals surface area contributed by atoms with Crippen molar-refractivity contribution in [3.05, 3.63) is 60.2 Å². The summed E-state index contributed by atoms with van der Waals surface area (Å²) in [6, 6.07) is 12.0. The summed E-state index contributed by atoms with van der Waals surface area (Å²) in [6.07, 6.45) is -9.38. The maximum Gasteiger partial charge on any atom is 0.490 e. The van der Waals surface area contributed by atoms with Gasteiger partial charge in [0.15, 0.2) is 0 Å². The SMILES string of the molecule is O=C(O)C(F)(F)F.O=C(O)C(F)(F)F.O=C(O)C(F)(F)F.c1ccc(CO[C@@H]2CO[C@@]3(CCN(Cc4ccccn4)C3)C2)nc1. The molecule has 2 atom stereocenters. The second kappa shape index (κ2) is 16.9. The zero-order valence-electron chi connectivity index (χ0n) is 22.8. The van der Waals surface area contributed by atoms with Crippen molar-refractivity contribution in [2.75, 3.05) is 19.7 Å². The number of carboxylic acids is 3. The van der Waals surface area contributed by atoms with Gasteiger partial charge in [0.05, 0.1) is 36.3 Å². The van der Waals surface area contributed by atoms with Crippen LogP contribution < -0.4 is 0 Å². The highest BCUT2D eigenvalue weighted by Gasteiger charge is 2.46. The number of aliphatic carboxylic acids is 3. The van der Waals surface area contributed by atoms with Crippen LogP contribution in [0.4, 0.5) is 39.5 Å². The molecule has 2 saturated heterocycles. The Morgan fingerprint density at radius 2 is 1.27 bits per heavy atom. The van der Waals surface area contributed by atoms with Crippen LogP contribution in [-0.2, 0) is 37.0 Å². The summed E-state index contributed by atoms with van der Waals surface area (Å²) in [5.41, 5.74) is 2.06. The number of alkyl halides is 9. The molecule has 0 unspecified atom stereocenters. The van der Waals surface area contributed by atoms with Gasteiger partial charge in [-0.1, -0.05) is 12.1 Å². The van der Waals surface area contributed by atoms with Crippen LogP contribution in [0.2, 0.25) is 0 Å². The molecule has 1 spiro atoms. The summed E-state index contributed by atoms with van der Waals surface area (Å²) < 4.78 is 107. The summed E-state index contributed by atoms with van der Waals surface area (Å²) in [5.74, 6) is -8.27. The van der Waals surface area contributed by atoms with Crippen LogP contribution in [0.3, 0.4) is 0 Å². The van der Waals surface area contributed by atoms with Gasteiger partial charge in [-0.2, -0.15) is 39.5 Å². The van der Waals surface area contributed by atoms with Crippen molar-refractivity contribution in [2.24, 2.45) is 0 Å². The standard InChI is InChI=1S/C19H23N3O2.3C2HF3O2/c1-3-8-20-16(5-1)12-22-10-7-19(15-22)11-18(14-24-19)23-13-17-6-2-4-9-21-17;3*3-2(4,5)1(6)7/h1-6,8-9,18H,7,10-15H2;3*(H,6,7)/t18-,19-;;;/m0.../s1. The van der Waals surface area contributed by atoms with Gasteiger partial charge in [-0.15, -0.1) is 0 Å². The van der Waals surface area contributed by atoms with Gasteiger partial charge in [-0.25, -0.2) is 14.4 Å². The van der Waals surface area contributed by atoms with E-state index in [0.29, 0.717) is 13.2 Å². The number of carbonyl (C=O) groups is 3. The zero-order valence-corrected chi connectivity index (χ0v) is 22.8. The molecule has 2 aliphatic heterocycles. The average molecular weight is 667 g/mol. The van der Waals surface area contributed by atoms with Crippen LogP contribution in [0.1, 0.15) is 24.2 Å². The maximum absolute atomic E-state index is 10.6. The third kappa shape index (κ3) is 15.5. The van der Waals surface area contributed by atoms with Gasteiger partial charge < -0.3 is 24.8 Å². The Hall–Kier alpha value is -4.04. The smallest absolute Gasteiger partial charge is 0.475 e. The Balaban J connectivity index is 0.000000396. The van der Waals surface area contributed by atoms with E-state index in [1.165, 1.54) is 0 Å². The van der Waals surface area contributed by atoms with Gasteiger partial charge in [-0.05, 0) is 30.7 Å². The Bertz CT molecular complexity index is 1160. The third-order valence-corrected chi connectivity index (χ3v) is 5.60. The first-order chi connectivity index (χ1) is 20.6. The summed E-state index contributed by atoms with van der Waals surface area (Å²) >= 11 is 0. The first-order valence-corrected chi connectivity index (χ1v) is 12.3. The van der Waals surface area contributed by atoms with Gasteiger partial charge in [0.25, 0.3) is 0 Å². The lowest BCUT2D eigenvalue weighted by molar-refractivity contribution is -0.193. The predicted octanol–water partition coefficient (Wildman–Crippen LogP) is 4.33. The maximum atomic E-state index is 10.6. The van der Waals surface area contributed by atoms with E-state index in [0.717, 1.165) is 43.9 Å². The summed E-state index contributed by atoms with van der Waals surface area (Å²) in [6.45, 7) is 4.16. The van der Waals surface area contributed by atoms with E-state index in [9.17, 15) is 39.5 Å². The number of hydrogen-bond acceptors (Lipinski definition) is 8. The zero-order chi connectivity index (χ0) is 34.5. The molecule has 2 aliphatic rings. The lowest BCUT2D eigenvalue weighted by Crippen LogP contribution is -2.33. The number of ether oxygens (including phenoxy) is 2. The third-order valence-electron chi connectivity index (χ3n) is 5.60. The fourth-order valence-corrected chi connectivity index (χ4v) is 3.66. The predicted molar refractivity (Wildman–Crippen MR) is 131 cm³/mol. The van der Waals surface area contributed by atoms with Crippen LogP contribution in [0.25, 0.3) is 0 Å². The minimum Gasteiger partial charge on any atom is -0.475 e. The van der Waals surface area contributed by atoms with Crippen LogP contribution >= 0.6 is 0 Å². The van der Waals surface area contributed by atoms with Crippen molar-refractivity contribution >= 4 is 17.9 Å². The van der Waals surface area contributed by atoms with Crippen molar-refractivity contribution < 1.29 is 78.7 Å². The Morgan fingerprint density at radius 1 is 0.822 bits per heavy atom. The van der Waals surface area contributed by atoms with Crippen molar-refractivity contribution in [2.45, 2.75) is 56.2 Å².